The van der Waals surface area contributed by atoms with Crippen LogP contribution in [-0.2, 0) is 26.7 Å². The van der Waals surface area contributed by atoms with E-state index in [-0.39, 0.29) is 30.7 Å². The number of aryl methyl sites for hydroxylation is 1. The Morgan fingerprint density at radius 2 is 1.68 bits per heavy atom. The molecule has 5 rings (SSSR count). The summed E-state index contributed by atoms with van der Waals surface area (Å²) in [5.41, 5.74) is 0.249. The van der Waals surface area contributed by atoms with Crippen molar-refractivity contribution in [1.82, 2.24) is 19.4 Å². The molecule has 3 aliphatic rings. The summed E-state index contributed by atoms with van der Waals surface area (Å²) in [5, 5.41) is 0. The number of rotatable bonds is 3. The number of amides is 2. The number of imidazole rings is 1. The van der Waals surface area contributed by atoms with Crippen LogP contribution in [0.25, 0.3) is 0 Å². The van der Waals surface area contributed by atoms with Gasteiger partial charge in [0.25, 0.3) is 5.91 Å². The van der Waals surface area contributed by atoms with E-state index in [0.717, 1.165) is 18.4 Å². The van der Waals surface area contributed by atoms with Crippen molar-refractivity contribution in [3.63, 3.8) is 0 Å². The molecule has 1 atom stereocenters. The molecule has 164 valence electrons. The van der Waals surface area contributed by atoms with Gasteiger partial charge in [-0.15, -0.1) is 0 Å². The molecule has 1 unspecified atom stereocenters. The first-order valence-corrected chi connectivity index (χ1v) is 10.5. The molecule has 8 nitrogen and oxygen atoms in total. The van der Waals surface area contributed by atoms with Gasteiger partial charge in [-0.1, -0.05) is 12.1 Å². The molecule has 31 heavy (non-hydrogen) atoms. The summed E-state index contributed by atoms with van der Waals surface area (Å²) in [4.78, 5) is 34.0. The zero-order chi connectivity index (χ0) is 21.6. The van der Waals surface area contributed by atoms with Crippen LogP contribution < -0.4 is 0 Å². The molecule has 0 N–H and O–H groups in total. The molecule has 1 saturated carbocycles. The van der Waals surface area contributed by atoms with Gasteiger partial charge >= 0.3 is 0 Å². The van der Waals surface area contributed by atoms with E-state index in [0.29, 0.717) is 32.1 Å². The molecule has 2 aromatic rings. The normalized spacial score (nSPS) is 25.0. The Balaban J connectivity index is 1.32. The van der Waals surface area contributed by atoms with Gasteiger partial charge in [0.05, 0.1) is 31.7 Å². The van der Waals surface area contributed by atoms with Gasteiger partial charge in [0, 0.05) is 32.5 Å². The highest BCUT2D eigenvalue weighted by Crippen LogP contribution is 2.50. The number of nitrogens with zero attached hydrogens (tertiary/aromatic N) is 4. The number of benzene rings is 1. The van der Waals surface area contributed by atoms with Crippen LogP contribution in [-0.4, -0.2) is 76.3 Å². The monoisotopic (exact) mass is 428 g/mol. The maximum absolute atomic E-state index is 13.5. The van der Waals surface area contributed by atoms with E-state index in [9.17, 15) is 14.0 Å². The Morgan fingerprint density at radius 1 is 1.03 bits per heavy atom. The largest absolute Gasteiger partial charge is 0.345 e. The third kappa shape index (κ3) is 3.51. The van der Waals surface area contributed by atoms with Gasteiger partial charge in [-0.3, -0.25) is 9.59 Å². The van der Waals surface area contributed by atoms with E-state index in [2.05, 4.69) is 4.98 Å². The molecular formula is C22H25FN4O4. The number of hydrogen-bond donors (Lipinski definition) is 0. The van der Waals surface area contributed by atoms with Crippen molar-refractivity contribution in [3.05, 3.63) is 53.9 Å². The third-order valence-electron chi connectivity index (χ3n) is 6.46. The standard InChI is InChI=1S/C22H25FN4O4/c1-25-9-8-24-18(25)19(28)26-10-12-30-22(14-26)15-27(11-13-31-22)20(29)21(6-7-21)16-2-4-17(23)5-3-16/h2-5,8-9H,6-7,10-15H2,1H3. The lowest BCUT2D eigenvalue weighted by atomic mass is 9.93. The highest BCUT2D eigenvalue weighted by Gasteiger charge is 2.55. The second-order valence-corrected chi connectivity index (χ2v) is 8.51. The minimum absolute atomic E-state index is 0.0120. The summed E-state index contributed by atoms with van der Waals surface area (Å²) < 4.78 is 27.0. The van der Waals surface area contributed by atoms with Crippen molar-refractivity contribution in [3.8, 4) is 0 Å². The van der Waals surface area contributed by atoms with Crippen molar-refractivity contribution in [1.29, 1.82) is 0 Å². The van der Waals surface area contributed by atoms with Crippen LogP contribution in [0.4, 0.5) is 4.39 Å². The molecule has 1 aliphatic carbocycles. The Bertz CT molecular complexity index is 999. The predicted octanol–water partition coefficient (Wildman–Crippen LogP) is 1.32. The summed E-state index contributed by atoms with van der Waals surface area (Å²) in [6.45, 7) is 2.02. The van der Waals surface area contributed by atoms with E-state index in [1.54, 1.807) is 45.9 Å². The first-order chi connectivity index (χ1) is 14.9. The molecule has 2 aliphatic heterocycles. The smallest absolute Gasteiger partial charge is 0.290 e. The van der Waals surface area contributed by atoms with Crippen molar-refractivity contribution in [2.75, 3.05) is 39.4 Å². The van der Waals surface area contributed by atoms with Gasteiger partial charge in [0.15, 0.2) is 5.82 Å². The van der Waals surface area contributed by atoms with Crippen LogP contribution in [0.3, 0.4) is 0 Å². The Labute approximate surface area is 179 Å². The number of morpholine rings is 2. The molecule has 1 aromatic carbocycles. The summed E-state index contributed by atoms with van der Waals surface area (Å²) in [7, 11) is 1.78. The highest BCUT2D eigenvalue weighted by atomic mass is 19.1. The zero-order valence-corrected chi connectivity index (χ0v) is 17.4. The SMILES string of the molecule is Cn1ccnc1C(=O)N1CCOC2(C1)CN(C(=O)C1(c3ccc(F)cc3)CC1)CCO2. The minimum Gasteiger partial charge on any atom is -0.345 e. The number of aromatic nitrogens is 2. The molecule has 9 heteroatoms. The van der Waals surface area contributed by atoms with Gasteiger partial charge < -0.3 is 23.8 Å². The van der Waals surface area contributed by atoms with E-state index in [1.165, 1.54) is 12.1 Å². The molecule has 1 spiro atoms. The fourth-order valence-corrected chi connectivity index (χ4v) is 4.58. The minimum atomic E-state index is -1.05. The van der Waals surface area contributed by atoms with Gasteiger partial charge in [0.2, 0.25) is 11.7 Å². The second kappa shape index (κ2) is 7.42. The van der Waals surface area contributed by atoms with Crippen molar-refractivity contribution >= 4 is 11.8 Å². The van der Waals surface area contributed by atoms with E-state index < -0.39 is 11.2 Å². The average Bonchev–Trinajstić information content (AvgIpc) is 3.48. The van der Waals surface area contributed by atoms with Crippen LogP contribution in [0.2, 0.25) is 0 Å². The number of hydrogen-bond acceptors (Lipinski definition) is 5. The van der Waals surface area contributed by atoms with Crippen molar-refractivity contribution < 1.29 is 23.5 Å². The molecule has 2 amide bonds. The van der Waals surface area contributed by atoms with Crippen LogP contribution >= 0.6 is 0 Å². The fraction of sp³-hybridized carbons (Fsp3) is 0.500. The lowest BCUT2D eigenvalue weighted by molar-refractivity contribution is -0.284. The van der Waals surface area contributed by atoms with Crippen molar-refractivity contribution in [2.45, 2.75) is 24.0 Å². The lowest BCUT2D eigenvalue weighted by Gasteiger charge is -2.47. The van der Waals surface area contributed by atoms with Gasteiger partial charge in [0.1, 0.15) is 5.82 Å². The second-order valence-electron chi connectivity index (χ2n) is 8.51. The molecule has 3 heterocycles. The number of halogens is 1. The fourth-order valence-electron chi connectivity index (χ4n) is 4.58. The summed E-state index contributed by atoms with van der Waals surface area (Å²) in [5.74, 6) is -1.18. The number of ether oxygens (including phenoxy) is 2. The lowest BCUT2D eigenvalue weighted by Crippen LogP contribution is -2.64. The quantitative estimate of drug-likeness (QED) is 0.737. The topological polar surface area (TPSA) is 76.9 Å². The van der Waals surface area contributed by atoms with E-state index in [1.807, 2.05) is 0 Å². The Kier molecular flexibility index (Phi) is 4.82. The summed E-state index contributed by atoms with van der Waals surface area (Å²) in [6, 6.07) is 6.19. The van der Waals surface area contributed by atoms with Crippen LogP contribution in [0, 0.1) is 5.82 Å². The van der Waals surface area contributed by atoms with E-state index in [4.69, 9.17) is 9.47 Å². The zero-order valence-electron chi connectivity index (χ0n) is 17.4. The molecule has 0 bridgehead atoms. The Hall–Kier alpha value is -2.78. The molecule has 0 radical (unpaired) electrons. The maximum atomic E-state index is 13.5. The van der Waals surface area contributed by atoms with Crippen molar-refractivity contribution in [2.24, 2.45) is 7.05 Å². The van der Waals surface area contributed by atoms with Gasteiger partial charge in [-0.2, -0.15) is 0 Å². The van der Waals surface area contributed by atoms with Crippen LogP contribution in [0.15, 0.2) is 36.7 Å². The van der Waals surface area contributed by atoms with Crippen LogP contribution in [0.1, 0.15) is 29.0 Å². The maximum Gasteiger partial charge on any atom is 0.290 e. The molecule has 3 fully saturated rings. The molecule has 1 aromatic heterocycles. The predicted molar refractivity (Wildman–Crippen MR) is 108 cm³/mol. The highest BCUT2D eigenvalue weighted by molar-refractivity contribution is 5.92. The average molecular weight is 428 g/mol. The summed E-state index contributed by atoms with van der Waals surface area (Å²) >= 11 is 0. The third-order valence-corrected chi connectivity index (χ3v) is 6.46. The van der Waals surface area contributed by atoms with Gasteiger partial charge in [-0.05, 0) is 30.5 Å². The molecular weight excluding hydrogens is 403 g/mol. The first-order valence-electron chi connectivity index (χ1n) is 10.5. The summed E-state index contributed by atoms with van der Waals surface area (Å²) in [6.07, 6.45) is 4.80. The van der Waals surface area contributed by atoms with Crippen LogP contribution in [0.5, 0.6) is 0 Å². The Morgan fingerprint density at radius 3 is 2.29 bits per heavy atom. The van der Waals surface area contributed by atoms with E-state index >= 15 is 0 Å². The number of carbonyl (C=O) groups is 2. The first kappa shape index (κ1) is 20.1. The van der Waals surface area contributed by atoms with Gasteiger partial charge in [-0.25, -0.2) is 9.37 Å². The molecule has 2 saturated heterocycles. The number of carbonyl (C=O) groups excluding carboxylic acids is 2.